The van der Waals surface area contributed by atoms with Crippen molar-refractivity contribution in [3.63, 3.8) is 0 Å². The maximum atomic E-state index is 6.44. The summed E-state index contributed by atoms with van der Waals surface area (Å²) >= 11 is 12.4. The van der Waals surface area contributed by atoms with Crippen LogP contribution in [-0.4, -0.2) is 38.7 Å². The average Bonchev–Trinajstić information content (AvgIpc) is 2.61. The molecule has 0 saturated carbocycles. The lowest BCUT2D eigenvalue weighted by atomic mass is 10.2. The van der Waals surface area contributed by atoms with Crippen LogP contribution >= 0.6 is 23.2 Å². The van der Waals surface area contributed by atoms with E-state index in [0.717, 1.165) is 24.2 Å². The molecule has 0 aliphatic carbocycles. The molecule has 0 heterocycles. The van der Waals surface area contributed by atoms with Gasteiger partial charge in [-0.1, -0.05) is 35.3 Å². The molecule has 4 nitrogen and oxygen atoms in total. The van der Waals surface area contributed by atoms with Crippen LogP contribution in [0.15, 0.2) is 36.4 Å². The third-order valence-electron chi connectivity index (χ3n) is 3.77. The fourth-order valence-electron chi connectivity index (χ4n) is 2.36. The third-order valence-corrected chi connectivity index (χ3v) is 4.38. The van der Waals surface area contributed by atoms with Gasteiger partial charge in [0, 0.05) is 35.7 Å². The summed E-state index contributed by atoms with van der Waals surface area (Å²) in [6.45, 7) is 5.48. The van der Waals surface area contributed by atoms with E-state index in [1.807, 2.05) is 43.3 Å². The number of halogens is 2. The maximum absolute atomic E-state index is 6.44. The minimum Gasteiger partial charge on any atom is -0.490 e. The van der Waals surface area contributed by atoms with Crippen molar-refractivity contribution in [3.8, 4) is 11.5 Å². The highest BCUT2D eigenvalue weighted by molar-refractivity contribution is 6.31. The van der Waals surface area contributed by atoms with Gasteiger partial charge in [-0.25, -0.2) is 0 Å². The molecule has 0 unspecified atom stereocenters. The Bertz CT molecular complexity index is 691. The zero-order chi connectivity index (χ0) is 18.9. The van der Waals surface area contributed by atoms with Crippen molar-refractivity contribution in [3.05, 3.63) is 57.6 Å². The van der Waals surface area contributed by atoms with E-state index in [4.69, 9.17) is 32.7 Å². The Morgan fingerprint density at radius 1 is 1.00 bits per heavy atom. The molecule has 2 aromatic rings. The molecule has 142 valence electrons. The summed E-state index contributed by atoms with van der Waals surface area (Å²) in [6.07, 6.45) is 0. The predicted octanol–water partition coefficient (Wildman–Crippen LogP) is 4.62. The van der Waals surface area contributed by atoms with Gasteiger partial charge in [0.25, 0.3) is 0 Å². The topological polar surface area (TPSA) is 33.7 Å². The summed E-state index contributed by atoms with van der Waals surface area (Å²) in [5.41, 5.74) is 2.02. The van der Waals surface area contributed by atoms with E-state index in [-0.39, 0.29) is 0 Å². The Balaban J connectivity index is 2.05. The molecule has 0 aliphatic heterocycles. The summed E-state index contributed by atoms with van der Waals surface area (Å²) in [5, 5.41) is 4.76. The molecule has 0 radical (unpaired) electrons. The van der Waals surface area contributed by atoms with E-state index >= 15 is 0 Å². The van der Waals surface area contributed by atoms with E-state index in [1.165, 1.54) is 0 Å². The van der Waals surface area contributed by atoms with Crippen LogP contribution in [0.1, 0.15) is 18.1 Å². The zero-order valence-electron chi connectivity index (χ0n) is 15.5. The van der Waals surface area contributed by atoms with Crippen LogP contribution in [0.25, 0.3) is 0 Å². The molecule has 1 N–H and O–H groups in total. The van der Waals surface area contributed by atoms with Gasteiger partial charge in [0.2, 0.25) is 0 Å². The normalized spacial score (nSPS) is 11.0. The van der Waals surface area contributed by atoms with Crippen molar-refractivity contribution in [1.29, 1.82) is 0 Å². The molecule has 0 aromatic heterocycles. The first-order valence-electron chi connectivity index (χ1n) is 8.67. The lowest BCUT2D eigenvalue weighted by Crippen LogP contribution is -2.26. The second kappa shape index (κ2) is 10.6. The molecule has 2 aromatic carbocycles. The van der Waals surface area contributed by atoms with Gasteiger partial charge in [-0.2, -0.15) is 0 Å². The summed E-state index contributed by atoms with van der Waals surface area (Å²) in [5.74, 6) is 1.35. The summed E-state index contributed by atoms with van der Waals surface area (Å²) in [4.78, 5) is 2.13. The van der Waals surface area contributed by atoms with Crippen LogP contribution in [0, 0.1) is 0 Å². The molecule has 26 heavy (non-hydrogen) atoms. The van der Waals surface area contributed by atoms with Crippen LogP contribution < -0.4 is 14.8 Å². The number of nitrogens with one attached hydrogen (secondary N) is 1. The SMILES string of the molecule is CCOc1cc(CNCCN(C)C)c(Cl)cc1OCc1ccc(Cl)cc1. The first-order chi connectivity index (χ1) is 12.5. The number of hydrogen-bond donors (Lipinski definition) is 1. The van der Waals surface area contributed by atoms with E-state index in [9.17, 15) is 0 Å². The Morgan fingerprint density at radius 2 is 1.69 bits per heavy atom. The minimum absolute atomic E-state index is 0.425. The number of likely N-dealkylation sites (N-methyl/N-ethyl adjacent to an activating group) is 1. The molecule has 2 rings (SSSR count). The molecule has 0 fully saturated rings. The highest BCUT2D eigenvalue weighted by Gasteiger charge is 2.11. The van der Waals surface area contributed by atoms with Gasteiger partial charge < -0.3 is 19.7 Å². The zero-order valence-corrected chi connectivity index (χ0v) is 17.0. The van der Waals surface area contributed by atoms with Crippen LogP contribution in [-0.2, 0) is 13.2 Å². The number of rotatable bonds is 10. The Labute approximate surface area is 166 Å². The molecule has 0 saturated heterocycles. The van der Waals surface area contributed by atoms with Crippen LogP contribution in [0.2, 0.25) is 10.0 Å². The van der Waals surface area contributed by atoms with Crippen molar-refractivity contribution in [2.75, 3.05) is 33.8 Å². The second-order valence-corrected chi connectivity index (χ2v) is 7.06. The van der Waals surface area contributed by atoms with Crippen molar-refractivity contribution >= 4 is 23.2 Å². The van der Waals surface area contributed by atoms with E-state index < -0.39 is 0 Å². The monoisotopic (exact) mass is 396 g/mol. The lowest BCUT2D eigenvalue weighted by molar-refractivity contribution is 0.269. The quantitative estimate of drug-likeness (QED) is 0.593. The van der Waals surface area contributed by atoms with Crippen LogP contribution in [0.5, 0.6) is 11.5 Å². The van der Waals surface area contributed by atoms with Crippen LogP contribution in [0.4, 0.5) is 0 Å². The Morgan fingerprint density at radius 3 is 2.35 bits per heavy atom. The number of ether oxygens (including phenoxy) is 2. The van der Waals surface area contributed by atoms with Crippen molar-refractivity contribution in [2.24, 2.45) is 0 Å². The Hall–Kier alpha value is -1.46. The fourth-order valence-corrected chi connectivity index (χ4v) is 2.71. The molecule has 0 aliphatic rings. The number of nitrogens with zero attached hydrogens (tertiary/aromatic N) is 1. The van der Waals surface area contributed by atoms with Gasteiger partial charge in [-0.05, 0) is 50.3 Å². The largest absolute Gasteiger partial charge is 0.490 e. The first kappa shape index (κ1) is 20.8. The van der Waals surface area contributed by atoms with Gasteiger partial charge >= 0.3 is 0 Å². The van der Waals surface area contributed by atoms with Gasteiger partial charge in [0.15, 0.2) is 11.5 Å². The highest BCUT2D eigenvalue weighted by Crippen LogP contribution is 2.34. The Kier molecular flexibility index (Phi) is 8.52. The molecule has 0 spiro atoms. The van der Waals surface area contributed by atoms with Crippen LogP contribution in [0.3, 0.4) is 0 Å². The van der Waals surface area contributed by atoms with E-state index in [0.29, 0.717) is 41.3 Å². The van der Waals surface area contributed by atoms with E-state index in [1.54, 1.807) is 0 Å². The second-order valence-electron chi connectivity index (χ2n) is 6.22. The summed E-state index contributed by atoms with van der Waals surface area (Å²) < 4.78 is 11.7. The molecule has 0 atom stereocenters. The average molecular weight is 397 g/mol. The van der Waals surface area contributed by atoms with Gasteiger partial charge in [-0.15, -0.1) is 0 Å². The van der Waals surface area contributed by atoms with E-state index in [2.05, 4.69) is 24.3 Å². The lowest BCUT2D eigenvalue weighted by Gasteiger charge is -2.16. The highest BCUT2D eigenvalue weighted by atomic mass is 35.5. The fraction of sp³-hybridized carbons (Fsp3) is 0.400. The molecular weight excluding hydrogens is 371 g/mol. The van der Waals surface area contributed by atoms with Crippen molar-refractivity contribution < 1.29 is 9.47 Å². The molecular formula is C20H26Cl2N2O2. The maximum Gasteiger partial charge on any atom is 0.163 e. The molecule has 0 amide bonds. The smallest absolute Gasteiger partial charge is 0.163 e. The molecule has 6 heteroatoms. The summed E-state index contributed by atoms with van der Waals surface area (Å²) in [6, 6.07) is 11.3. The van der Waals surface area contributed by atoms with Gasteiger partial charge in [0.1, 0.15) is 6.61 Å². The first-order valence-corrected chi connectivity index (χ1v) is 9.43. The standard InChI is InChI=1S/C20H26Cl2N2O2/c1-4-25-19-11-16(13-23-9-10-24(2)3)18(22)12-20(19)26-14-15-5-7-17(21)8-6-15/h5-8,11-12,23H,4,9-10,13-14H2,1-3H3. The predicted molar refractivity (Wildman–Crippen MR) is 109 cm³/mol. The number of benzene rings is 2. The minimum atomic E-state index is 0.425. The van der Waals surface area contributed by atoms with Gasteiger partial charge in [0.05, 0.1) is 6.61 Å². The summed E-state index contributed by atoms with van der Waals surface area (Å²) in [7, 11) is 4.10. The van der Waals surface area contributed by atoms with Crippen molar-refractivity contribution in [2.45, 2.75) is 20.1 Å². The number of hydrogen-bond acceptors (Lipinski definition) is 4. The van der Waals surface area contributed by atoms with Crippen molar-refractivity contribution in [1.82, 2.24) is 10.2 Å². The molecule has 0 bridgehead atoms. The van der Waals surface area contributed by atoms with Gasteiger partial charge in [-0.3, -0.25) is 0 Å². The third kappa shape index (κ3) is 6.69.